The van der Waals surface area contributed by atoms with Crippen LogP contribution in [0.3, 0.4) is 0 Å². The van der Waals surface area contributed by atoms with Crippen LogP contribution in [-0.2, 0) is 6.54 Å². The lowest BCUT2D eigenvalue weighted by molar-refractivity contribution is 0.107. The average Bonchev–Trinajstić information content (AvgIpc) is 2.92. The summed E-state index contributed by atoms with van der Waals surface area (Å²) < 4.78 is 2.21. The van der Waals surface area contributed by atoms with Gasteiger partial charge in [-0.1, -0.05) is 25.7 Å². The highest BCUT2D eigenvalue weighted by molar-refractivity contribution is 5.01. The van der Waals surface area contributed by atoms with Crippen molar-refractivity contribution in [1.29, 1.82) is 0 Å². The number of nitrogens with zero attached hydrogens (tertiary/aromatic N) is 3. The van der Waals surface area contributed by atoms with E-state index in [9.17, 15) is 0 Å². The largest absolute Gasteiger partial charge is 0.396 e. The Morgan fingerprint density at radius 2 is 1.95 bits per heavy atom. The predicted molar refractivity (Wildman–Crippen MR) is 84.1 cm³/mol. The Balaban J connectivity index is 1.58. The maximum absolute atomic E-state index is 9.08. The van der Waals surface area contributed by atoms with Gasteiger partial charge >= 0.3 is 0 Å². The van der Waals surface area contributed by atoms with Gasteiger partial charge in [0, 0.05) is 31.9 Å². The van der Waals surface area contributed by atoms with Crippen molar-refractivity contribution in [2.45, 2.75) is 76.4 Å². The standard InChI is InChI=1S/C17H29N3O/c21-13-5-11-19(16-8-4-9-16)14-15-10-12-20(18-15)17-6-2-1-3-7-17/h10,12,16-17,21H,1-9,11,13-14H2. The van der Waals surface area contributed by atoms with Gasteiger partial charge in [0.05, 0.1) is 11.7 Å². The summed E-state index contributed by atoms with van der Waals surface area (Å²) in [5.41, 5.74) is 1.20. The Morgan fingerprint density at radius 1 is 1.14 bits per heavy atom. The second kappa shape index (κ2) is 7.41. The summed E-state index contributed by atoms with van der Waals surface area (Å²) in [6, 6.07) is 3.54. The van der Waals surface area contributed by atoms with Gasteiger partial charge in [-0.05, 0) is 38.2 Å². The Bertz CT molecular complexity index is 421. The van der Waals surface area contributed by atoms with Crippen LogP contribution in [-0.4, -0.2) is 39.0 Å². The fraction of sp³-hybridized carbons (Fsp3) is 0.824. The molecule has 0 unspecified atom stereocenters. The fourth-order valence-corrected chi connectivity index (χ4v) is 3.64. The fourth-order valence-electron chi connectivity index (χ4n) is 3.64. The molecule has 0 spiro atoms. The SMILES string of the molecule is OCCCN(Cc1ccn(C2CCCCC2)n1)C1CCC1. The number of aliphatic hydroxyl groups is 1. The van der Waals surface area contributed by atoms with Crippen LogP contribution in [0.15, 0.2) is 12.3 Å². The van der Waals surface area contributed by atoms with Crippen LogP contribution in [0.1, 0.15) is 69.5 Å². The van der Waals surface area contributed by atoms with Crippen LogP contribution in [0.2, 0.25) is 0 Å². The molecule has 21 heavy (non-hydrogen) atoms. The minimum absolute atomic E-state index is 0.291. The van der Waals surface area contributed by atoms with E-state index in [4.69, 9.17) is 10.2 Å². The zero-order valence-electron chi connectivity index (χ0n) is 13.1. The van der Waals surface area contributed by atoms with E-state index in [-0.39, 0.29) is 0 Å². The molecular formula is C17H29N3O. The molecule has 3 rings (SSSR count). The van der Waals surface area contributed by atoms with Crippen molar-refractivity contribution in [3.8, 4) is 0 Å². The summed E-state index contributed by atoms with van der Waals surface area (Å²) >= 11 is 0. The lowest BCUT2D eigenvalue weighted by Gasteiger charge is -2.37. The Kier molecular flexibility index (Phi) is 5.31. The van der Waals surface area contributed by atoms with Crippen LogP contribution in [0.4, 0.5) is 0 Å². The third kappa shape index (κ3) is 3.86. The molecule has 2 fully saturated rings. The third-order valence-electron chi connectivity index (χ3n) is 5.17. The van der Waals surface area contributed by atoms with E-state index in [1.165, 1.54) is 57.1 Å². The van der Waals surface area contributed by atoms with Crippen LogP contribution in [0, 0.1) is 0 Å². The van der Waals surface area contributed by atoms with Crippen LogP contribution < -0.4 is 0 Å². The van der Waals surface area contributed by atoms with Crippen molar-refractivity contribution >= 4 is 0 Å². The molecule has 2 saturated carbocycles. The number of aromatic nitrogens is 2. The van der Waals surface area contributed by atoms with Gasteiger partial charge in [-0.3, -0.25) is 9.58 Å². The topological polar surface area (TPSA) is 41.3 Å². The summed E-state index contributed by atoms with van der Waals surface area (Å²) in [4.78, 5) is 2.52. The van der Waals surface area contributed by atoms with E-state index in [0.717, 1.165) is 25.6 Å². The second-order valence-electron chi connectivity index (χ2n) is 6.71. The van der Waals surface area contributed by atoms with Gasteiger partial charge in [0.2, 0.25) is 0 Å². The second-order valence-corrected chi connectivity index (χ2v) is 6.71. The monoisotopic (exact) mass is 291 g/mol. The molecule has 0 amide bonds. The van der Waals surface area contributed by atoms with Crippen molar-refractivity contribution in [2.24, 2.45) is 0 Å². The first kappa shape index (κ1) is 15.0. The summed E-state index contributed by atoms with van der Waals surface area (Å²) in [7, 11) is 0. The minimum atomic E-state index is 0.291. The first-order chi connectivity index (χ1) is 10.4. The van der Waals surface area contributed by atoms with Crippen molar-refractivity contribution in [3.05, 3.63) is 18.0 Å². The third-order valence-corrected chi connectivity index (χ3v) is 5.17. The smallest absolute Gasteiger partial charge is 0.0765 e. The molecule has 2 aliphatic carbocycles. The maximum atomic E-state index is 9.08. The molecule has 1 N–H and O–H groups in total. The minimum Gasteiger partial charge on any atom is -0.396 e. The number of aliphatic hydroxyl groups excluding tert-OH is 1. The van der Waals surface area contributed by atoms with Gasteiger partial charge in [0.15, 0.2) is 0 Å². The number of hydrogen-bond acceptors (Lipinski definition) is 3. The molecule has 0 aliphatic heterocycles. The first-order valence-electron chi connectivity index (χ1n) is 8.76. The van der Waals surface area contributed by atoms with Crippen LogP contribution in [0.5, 0.6) is 0 Å². The predicted octanol–water partition coefficient (Wildman–Crippen LogP) is 3.13. The molecule has 2 aliphatic rings. The van der Waals surface area contributed by atoms with Crippen LogP contribution >= 0.6 is 0 Å². The molecule has 4 nitrogen and oxygen atoms in total. The molecule has 0 radical (unpaired) electrons. The van der Waals surface area contributed by atoms with E-state index in [1.54, 1.807) is 0 Å². The Hall–Kier alpha value is -0.870. The highest BCUT2D eigenvalue weighted by atomic mass is 16.3. The summed E-state index contributed by atoms with van der Waals surface area (Å²) in [5, 5.41) is 13.9. The molecule has 1 heterocycles. The van der Waals surface area contributed by atoms with Gasteiger partial charge in [0.25, 0.3) is 0 Å². The van der Waals surface area contributed by atoms with E-state index in [0.29, 0.717) is 12.6 Å². The molecule has 0 bridgehead atoms. The van der Waals surface area contributed by atoms with E-state index < -0.39 is 0 Å². The van der Waals surface area contributed by atoms with Gasteiger partial charge in [-0.15, -0.1) is 0 Å². The van der Waals surface area contributed by atoms with Gasteiger partial charge in [0.1, 0.15) is 0 Å². The Labute approximate surface area is 128 Å². The molecule has 0 atom stereocenters. The van der Waals surface area contributed by atoms with Crippen molar-refractivity contribution < 1.29 is 5.11 Å². The molecule has 4 heteroatoms. The summed E-state index contributed by atoms with van der Waals surface area (Å²) in [5.74, 6) is 0. The maximum Gasteiger partial charge on any atom is 0.0765 e. The zero-order chi connectivity index (χ0) is 14.5. The lowest BCUT2D eigenvalue weighted by Crippen LogP contribution is -2.40. The average molecular weight is 291 g/mol. The molecule has 1 aromatic heterocycles. The molecule has 1 aromatic rings. The van der Waals surface area contributed by atoms with Gasteiger partial charge < -0.3 is 5.11 Å². The number of hydrogen-bond donors (Lipinski definition) is 1. The first-order valence-corrected chi connectivity index (χ1v) is 8.76. The zero-order valence-corrected chi connectivity index (χ0v) is 13.1. The Morgan fingerprint density at radius 3 is 2.62 bits per heavy atom. The highest BCUT2D eigenvalue weighted by Gasteiger charge is 2.25. The van der Waals surface area contributed by atoms with Crippen molar-refractivity contribution in [3.63, 3.8) is 0 Å². The molecule has 0 aromatic carbocycles. The normalized spacial score (nSPS) is 20.9. The quantitative estimate of drug-likeness (QED) is 0.839. The van der Waals surface area contributed by atoms with Crippen molar-refractivity contribution in [2.75, 3.05) is 13.2 Å². The van der Waals surface area contributed by atoms with E-state index in [2.05, 4.69) is 21.8 Å². The van der Waals surface area contributed by atoms with Gasteiger partial charge in [-0.25, -0.2) is 0 Å². The highest BCUT2D eigenvalue weighted by Crippen LogP contribution is 2.29. The van der Waals surface area contributed by atoms with E-state index in [1.807, 2.05) is 0 Å². The van der Waals surface area contributed by atoms with Crippen LogP contribution in [0.25, 0.3) is 0 Å². The molecule has 118 valence electrons. The van der Waals surface area contributed by atoms with Gasteiger partial charge in [-0.2, -0.15) is 5.10 Å². The summed E-state index contributed by atoms with van der Waals surface area (Å²) in [6.45, 7) is 2.24. The van der Waals surface area contributed by atoms with E-state index >= 15 is 0 Å². The number of rotatable bonds is 7. The molecular weight excluding hydrogens is 262 g/mol. The van der Waals surface area contributed by atoms with Crippen molar-refractivity contribution in [1.82, 2.24) is 14.7 Å². The summed E-state index contributed by atoms with van der Waals surface area (Å²) in [6.07, 6.45) is 13.7. The molecule has 0 saturated heterocycles. The lowest BCUT2D eigenvalue weighted by atomic mass is 9.91.